The zero-order valence-electron chi connectivity index (χ0n) is 15.0. The Morgan fingerprint density at radius 2 is 2.04 bits per heavy atom. The van der Waals surface area contributed by atoms with Crippen LogP contribution in [-0.2, 0) is 14.3 Å². The summed E-state index contributed by atoms with van der Waals surface area (Å²) in [5.74, 6) is -2.29. The first-order valence-corrected chi connectivity index (χ1v) is 9.61. The first-order valence-electron chi connectivity index (χ1n) is 9.61. The normalized spacial score (nSPS) is 57.3. The fourth-order valence-electron chi connectivity index (χ4n) is 8.13. The molecule has 4 saturated carbocycles. The number of hydrogen-bond acceptors (Lipinski definition) is 5. The predicted molar refractivity (Wildman–Crippen MR) is 89.8 cm³/mol. The number of fused-ring (bicyclic) bond motifs is 1. The van der Waals surface area contributed by atoms with E-state index in [2.05, 4.69) is 6.58 Å². The van der Waals surface area contributed by atoms with Crippen LogP contribution in [0.4, 0.5) is 0 Å². The molecule has 1 aliphatic heterocycles. The lowest BCUT2D eigenvalue weighted by Crippen LogP contribution is -2.59. The van der Waals surface area contributed by atoms with Crippen LogP contribution in [0.5, 0.6) is 0 Å². The summed E-state index contributed by atoms with van der Waals surface area (Å²) in [7, 11) is 0. The van der Waals surface area contributed by atoms with Crippen LogP contribution in [0.3, 0.4) is 0 Å². The number of carboxylic acid groups (broad SMARTS) is 1. The summed E-state index contributed by atoms with van der Waals surface area (Å²) in [6, 6.07) is 0. The first kappa shape index (κ1) is 16.8. The average Bonchev–Trinajstić information content (AvgIpc) is 2.94. The maximum absolute atomic E-state index is 12.7. The molecule has 0 unspecified atom stereocenters. The predicted octanol–water partition coefficient (Wildman–Crippen LogP) is 1.50. The Morgan fingerprint density at radius 3 is 2.73 bits per heavy atom. The van der Waals surface area contributed by atoms with Crippen LogP contribution in [0.1, 0.15) is 45.4 Å². The lowest BCUT2D eigenvalue weighted by molar-refractivity contribution is -0.202. The summed E-state index contributed by atoms with van der Waals surface area (Å²) < 4.78 is 5.62. The monoisotopic (exact) mass is 362 g/mol. The van der Waals surface area contributed by atoms with E-state index in [0.717, 1.165) is 12.8 Å². The van der Waals surface area contributed by atoms with Crippen molar-refractivity contribution in [1.29, 1.82) is 0 Å². The molecule has 6 nitrogen and oxygen atoms in total. The minimum absolute atomic E-state index is 0.0802. The van der Waals surface area contributed by atoms with Gasteiger partial charge in [0.15, 0.2) is 0 Å². The molecule has 142 valence electrons. The molecule has 0 aromatic heterocycles. The Bertz CT molecular complexity index is 747. The van der Waals surface area contributed by atoms with E-state index < -0.39 is 39.8 Å². The van der Waals surface area contributed by atoms with Crippen LogP contribution in [0, 0.1) is 34.0 Å². The SMILES string of the molecule is C=C1C[C@]23C[C@@]1(O)[C@@H](O)C[C@H]2[C@@]12CCC[C@](C)(C(=O)OC1)[C@H]2[C@@H]3C(=O)O. The Morgan fingerprint density at radius 1 is 1.31 bits per heavy atom. The number of cyclic esters (lactones) is 1. The van der Waals surface area contributed by atoms with Crippen molar-refractivity contribution in [3.63, 3.8) is 0 Å². The molecular weight excluding hydrogens is 336 g/mol. The molecule has 4 bridgehead atoms. The number of aliphatic hydroxyl groups excluding tert-OH is 1. The molecule has 1 saturated heterocycles. The van der Waals surface area contributed by atoms with Gasteiger partial charge in [0.05, 0.1) is 24.0 Å². The molecular formula is C20H26O6. The largest absolute Gasteiger partial charge is 0.481 e. The van der Waals surface area contributed by atoms with Gasteiger partial charge in [-0.25, -0.2) is 0 Å². The van der Waals surface area contributed by atoms with Crippen molar-refractivity contribution in [3.8, 4) is 0 Å². The molecule has 4 aliphatic carbocycles. The van der Waals surface area contributed by atoms with Crippen LogP contribution >= 0.6 is 0 Å². The van der Waals surface area contributed by atoms with Crippen LogP contribution in [0.2, 0.25) is 0 Å². The summed E-state index contributed by atoms with van der Waals surface area (Å²) in [5, 5.41) is 32.0. The summed E-state index contributed by atoms with van der Waals surface area (Å²) in [4.78, 5) is 25.2. The molecule has 0 aromatic carbocycles. The number of hydrogen-bond donors (Lipinski definition) is 3. The standard InChI is InChI=1S/C20H26O6/c1-10-7-19-8-20(10,25)12(21)6-11(19)18-5-3-4-17(2,16(24)26-9-18)14(18)13(19)15(22)23/h11-14,21,25H,1,3-9H2,2H3,(H,22,23)/t11-,12-,13+,14+,17-,18+,19-,20-/m0/s1. The van der Waals surface area contributed by atoms with Crippen molar-refractivity contribution in [2.45, 2.75) is 57.2 Å². The minimum Gasteiger partial charge on any atom is -0.481 e. The molecule has 5 fully saturated rings. The van der Waals surface area contributed by atoms with Gasteiger partial charge in [0, 0.05) is 5.41 Å². The fourth-order valence-corrected chi connectivity index (χ4v) is 8.13. The van der Waals surface area contributed by atoms with Gasteiger partial charge in [0.2, 0.25) is 0 Å². The van der Waals surface area contributed by atoms with Gasteiger partial charge in [-0.15, -0.1) is 0 Å². The molecule has 0 aromatic rings. The topological polar surface area (TPSA) is 104 Å². The summed E-state index contributed by atoms with van der Waals surface area (Å²) >= 11 is 0. The maximum Gasteiger partial charge on any atom is 0.312 e. The van der Waals surface area contributed by atoms with Gasteiger partial charge >= 0.3 is 11.9 Å². The van der Waals surface area contributed by atoms with E-state index in [9.17, 15) is 24.9 Å². The van der Waals surface area contributed by atoms with Crippen molar-refractivity contribution >= 4 is 11.9 Å². The van der Waals surface area contributed by atoms with Gasteiger partial charge in [0.1, 0.15) is 5.60 Å². The molecule has 1 spiro atoms. The van der Waals surface area contributed by atoms with Crippen molar-refractivity contribution in [3.05, 3.63) is 12.2 Å². The highest BCUT2D eigenvalue weighted by Gasteiger charge is 2.81. The third-order valence-corrected chi connectivity index (χ3v) is 8.95. The molecule has 8 atom stereocenters. The van der Waals surface area contributed by atoms with Crippen LogP contribution in [-0.4, -0.2) is 45.6 Å². The number of carbonyl (C=O) groups is 2. The lowest BCUT2D eigenvalue weighted by Gasteiger charge is -2.56. The Labute approximate surface area is 152 Å². The summed E-state index contributed by atoms with van der Waals surface area (Å²) in [6.45, 7) is 6.10. The third kappa shape index (κ3) is 1.51. The first-order chi connectivity index (χ1) is 12.1. The van der Waals surface area contributed by atoms with Crippen LogP contribution in [0.25, 0.3) is 0 Å². The fraction of sp³-hybridized carbons (Fsp3) is 0.800. The Kier molecular flexibility index (Phi) is 2.92. The van der Waals surface area contributed by atoms with E-state index in [1.807, 2.05) is 6.92 Å². The highest BCUT2D eigenvalue weighted by Crippen LogP contribution is 2.79. The van der Waals surface area contributed by atoms with Crippen molar-refractivity contribution < 1.29 is 29.6 Å². The Hall–Kier alpha value is -1.40. The molecule has 5 aliphatic rings. The molecule has 1 heterocycles. The van der Waals surface area contributed by atoms with E-state index in [0.29, 0.717) is 24.8 Å². The minimum atomic E-state index is -1.41. The van der Waals surface area contributed by atoms with Gasteiger partial charge < -0.3 is 20.1 Å². The van der Waals surface area contributed by atoms with Crippen LogP contribution < -0.4 is 0 Å². The second kappa shape index (κ2) is 4.53. The zero-order chi connectivity index (χ0) is 18.7. The van der Waals surface area contributed by atoms with E-state index in [1.54, 1.807) is 0 Å². The van der Waals surface area contributed by atoms with Crippen LogP contribution in [0.15, 0.2) is 12.2 Å². The van der Waals surface area contributed by atoms with Gasteiger partial charge in [0.25, 0.3) is 0 Å². The number of carboxylic acids is 1. The smallest absolute Gasteiger partial charge is 0.312 e. The van der Waals surface area contributed by atoms with Crippen molar-refractivity contribution in [2.24, 2.45) is 34.0 Å². The molecule has 0 amide bonds. The quantitative estimate of drug-likeness (QED) is 0.482. The van der Waals surface area contributed by atoms with Gasteiger partial charge in [-0.3, -0.25) is 9.59 Å². The molecule has 26 heavy (non-hydrogen) atoms. The molecule has 3 N–H and O–H groups in total. The van der Waals surface area contributed by atoms with Gasteiger partial charge in [-0.1, -0.05) is 13.0 Å². The molecule has 0 radical (unpaired) electrons. The van der Waals surface area contributed by atoms with E-state index >= 15 is 0 Å². The third-order valence-electron chi connectivity index (χ3n) is 8.95. The number of carbonyl (C=O) groups excluding carboxylic acids is 1. The van der Waals surface area contributed by atoms with E-state index in [4.69, 9.17) is 4.74 Å². The highest BCUT2D eigenvalue weighted by atomic mass is 16.5. The number of aliphatic hydroxyl groups is 2. The van der Waals surface area contributed by atoms with Crippen molar-refractivity contribution in [1.82, 2.24) is 0 Å². The number of aliphatic carboxylic acids is 1. The van der Waals surface area contributed by atoms with Gasteiger partial charge in [-0.05, 0) is 61.9 Å². The second-order valence-corrected chi connectivity index (χ2v) is 9.79. The summed E-state index contributed by atoms with van der Waals surface area (Å²) in [5.41, 5.74) is -2.74. The number of rotatable bonds is 1. The average molecular weight is 362 g/mol. The number of ether oxygens (including phenoxy) is 1. The second-order valence-electron chi connectivity index (χ2n) is 9.79. The number of esters is 1. The summed E-state index contributed by atoms with van der Waals surface area (Å²) in [6.07, 6.45) is 2.36. The molecule has 6 heteroatoms. The van der Waals surface area contributed by atoms with E-state index in [1.165, 1.54) is 0 Å². The van der Waals surface area contributed by atoms with E-state index in [-0.39, 0.29) is 30.8 Å². The maximum atomic E-state index is 12.7. The van der Waals surface area contributed by atoms with Crippen molar-refractivity contribution in [2.75, 3.05) is 6.61 Å². The van der Waals surface area contributed by atoms with Gasteiger partial charge in [-0.2, -0.15) is 0 Å². The lowest BCUT2D eigenvalue weighted by atomic mass is 9.51. The zero-order valence-corrected chi connectivity index (χ0v) is 15.0. The Balaban J connectivity index is 1.77. The highest BCUT2D eigenvalue weighted by molar-refractivity contribution is 5.82. The molecule has 5 rings (SSSR count).